The molecule has 4 nitrogen and oxygen atoms in total. The molecule has 1 aliphatic heterocycles. The lowest BCUT2D eigenvalue weighted by Gasteiger charge is -2.40. The molecule has 0 bridgehead atoms. The average Bonchev–Trinajstić information content (AvgIpc) is 3.05. The molecule has 1 amide bonds. The van der Waals surface area contributed by atoms with Crippen LogP contribution in [0.2, 0.25) is 5.02 Å². The molecule has 4 rings (SSSR count). The zero-order valence-corrected chi connectivity index (χ0v) is 16.7. The molecule has 1 aromatic heterocycles. The summed E-state index contributed by atoms with van der Waals surface area (Å²) in [6.07, 6.45) is 6.72. The highest BCUT2D eigenvalue weighted by Crippen LogP contribution is 2.39. The number of amides is 1. The maximum atomic E-state index is 13.1. The standard InChI is InChI=1S/C20H25ClN2O2S/c1-25-18-16-8-7-14(21)13-17(16)26-19(18)20(24)23-11-9-22(10-12-23)15-5-3-2-4-6-15/h7-8,13,15H,2-6,9-12H2,1H3. The number of benzene rings is 1. The minimum Gasteiger partial charge on any atom is -0.494 e. The van der Waals surface area contributed by atoms with Gasteiger partial charge in [0.1, 0.15) is 10.6 Å². The molecular formula is C20H25ClN2O2S. The van der Waals surface area contributed by atoms with Gasteiger partial charge in [-0.05, 0) is 31.0 Å². The Morgan fingerprint density at radius 3 is 2.58 bits per heavy atom. The second kappa shape index (κ2) is 7.75. The van der Waals surface area contributed by atoms with Crippen LogP contribution in [0.25, 0.3) is 10.1 Å². The van der Waals surface area contributed by atoms with Crippen LogP contribution in [0.5, 0.6) is 5.75 Å². The van der Waals surface area contributed by atoms with Crippen molar-refractivity contribution in [1.82, 2.24) is 9.80 Å². The fourth-order valence-electron chi connectivity index (χ4n) is 4.27. The van der Waals surface area contributed by atoms with E-state index in [-0.39, 0.29) is 5.91 Å². The molecule has 0 spiro atoms. The Kier molecular flexibility index (Phi) is 5.39. The number of piperazine rings is 1. The summed E-state index contributed by atoms with van der Waals surface area (Å²) in [5.74, 6) is 0.767. The number of fused-ring (bicyclic) bond motifs is 1. The van der Waals surface area contributed by atoms with Gasteiger partial charge in [0.05, 0.1) is 7.11 Å². The Hall–Kier alpha value is -1.30. The van der Waals surface area contributed by atoms with Crippen LogP contribution in [0.1, 0.15) is 41.8 Å². The number of halogens is 1. The van der Waals surface area contributed by atoms with Crippen LogP contribution in [0.15, 0.2) is 18.2 Å². The van der Waals surface area contributed by atoms with Gasteiger partial charge in [-0.15, -0.1) is 11.3 Å². The van der Waals surface area contributed by atoms with Crippen molar-refractivity contribution in [3.63, 3.8) is 0 Å². The quantitative estimate of drug-likeness (QED) is 0.761. The van der Waals surface area contributed by atoms with Crippen LogP contribution in [-0.2, 0) is 0 Å². The van der Waals surface area contributed by atoms with Gasteiger partial charge in [-0.1, -0.05) is 30.9 Å². The highest BCUT2D eigenvalue weighted by Gasteiger charge is 2.30. The monoisotopic (exact) mass is 392 g/mol. The van der Waals surface area contributed by atoms with Gasteiger partial charge in [0.25, 0.3) is 5.91 Å². The lowest BCUT2D eigenvalue weighted by Crippen LogP contribution is -2.52. The van der Waals surface area contributed by atoms with Crippen LogP contribution in [-0.4, -0.2) is 55.0 Å². The zero-order valence-electron chi connectivity index (χ0n) is 15.2. The number of ether oxygens (including phenoxy) is 1. The molecule has 6 heteroatoms. The minimum absolute atomic E-state index is 0.0856. The lowest BCUT2D eigenvalue weighted by atomic mass is 9.94. The van der Waals surface area contributed by atoms with E-state index < -0.39 is 0 Å². The Labute approximate surface area is 163 Å². The Balaban J connectivity index is 1.49. The molecule has 0 radical (unpaired) electrons. The highest BCUT2D eigenvalue weighted by molar-refractivity contribution is 7.21. The molecule has 0 atom stereocenters. The normalized spacial score (nSPS) is 19.8. The fraction of sp³-hybridized carbons (Fsp3) is 0.550. The van der Waals surface area contributed by atoms with Crippen LogP contribution in [0.3, 0.4) is 0 Å². The molecule has 26 heavy (non-hydrogen) atoms. The van der Waals surface area contributed by atoms with Gasteiger partial charge >= 0.3 is 0 Å². The van der Waals surface area contributed by atoms with Gasteiger partial charge in [-0.3, -0.25) is 9.69 Å². The van der Waals surface area contributed by atoms with Gasteiger partial charge in [-0.25, -0.2) is 0 Å². The second-order valence-electron chi connectivity index (χ2n) is 7.22. The van der Waals surface area contributed by atoms with Crippen LogP contribution < -0.4 is 4.74 Å². The van der Waals surface area contributed by atoms with Crippen molar-refractivity contribution in [2.24, 2.45) is 0 Å². The highest BCUT2D eigenvalue weighted by atomic mass is 35.5. The fourth-order valence-corrected chi connectivity index (χ4v) is 5.69. The summed E-state index contributed by atoms with van der Waals surface area (Å²) in [5.41, 5.74) is 0. The van der Waals surface area contributed by atoms with E-state index in [1.165, 1.54) is 43.4 Å². The summed E-state index contributed by atoms with van der Waals surface area (Å²) >= 11 is 7.59. The van der Waals surface area contributed by atoms with E-state index in [1.54, 1.807) is 7.11 Å². The van der Waals surface area contributed by atoms with Crippen molar-refractivity contribution in [3.05, 3.63) is 28.1 Å². The zero-order chi connectivity index (χ0) is 18.1. The number of methoxy groups -OCH3 is 1. The number of carbonyl (C=O) groups excluding carboxylic acids is 1. The maximum Gasteiger partial charge on any atom is 0.267 e. The first-order chi connectivity index (χ1) is 12.7. The van der Waals surface area contributed by atoms with Gasteiger partial charge in [0.15, 0.2) is 0 Å². The largest absolute Gasteiger partial charge is 0.494 e. The average molecular weight is 393 g/mol. The molecular weight excluding hydrogens is 368 g/mol. The molecule has 140 valence electrons. The summed E-state index contributed by atoms with van der Waals surface area (Å²) in [6.45, 7) is 3.56. The molecule has 2 aromatic rings. The first-order valence-corrected chi connectivity index (χ1v) is 10.7. The molecule has 0 N–H and O–H groups in total. The lowest BCUT2D eigenvalue weighted by molar-refractivity contribution is 0.0525. The number of rotatable bonds is 3. The topological polar surface area (TPSA) is 32.8 Å². The third-order valence-corrected chi connectivity index (χ3v) is 7.05. The van der Waals surface area contributed by atoms with E-state index in [1.807, 2.05) is 23.1 Å². The van der Waals surface area contributed by atoms with Crippen molar-refractivity contribution in [1.29, 1.82) is 0 Å². The Morgan fingerprint density at radius 2 is 1.88 bits per heavy atom. The summed E-state index contributed by atoms with van der Waals surface area (Å²) in [6, 6.07) is 6.41. The second-order valence-corrected chi connectivity index (χ2v) is 8.71. The van der Waals surface area contributed by atoms with Gasteiger partial charge in [-0.2, -0.15) is 0 Å². The minimum atomic E-state index is 0.0856. The van der Waals surface area contributed by atoms with E-state index in [2.05, 4.69) is 4.90 Å². The van der Waals surface area contributed by atoms with Crippen LogP contribution in [0.4, 0.5) is 0 Å². The summed E-state index contributed by atoms with van der Waals surface area (Å²) in [5, 5.41) is 1.65. The van der Waals surface area contributed by atoms with Crippen molar-refractivity contribution >= 4 is 38.9 Å². The number of hydrogen-bond donors (Lipinski definition) is 0. The van der Waals surface area contributed by atoms with Crippen LogP contribution >= 0.6 is 22.9 Å². The number of nitrogens with zero attached hydrogens (tertiary/aromatic N) is 2. The third-order valence-electron chi connectivity index (χ3n) is 5.70. The van der Waals surface area contributed by atoms with E-state index in [9.17, 15) is 4.79 Å². The van der Waals surface area contributed by atoms with Gasteiger partial charge in [0, 0.05) is 47.3 Å². The number of hydrogen-bond acceptors (Lipinski definition) is 4. The molecule has 1 saturated carbocycles. The van der Waals surface area contributed by atoms with Crippen molar-refractivity contribution in [2.75, 3.05) is 33.3 Å². The van der Waals surface area contributed by atoms with E-state index in [4.69, 9.17) is 16.3 Å². The Bertz CT molecular complexity index is 792. The van der Waals surface area contributed by atoms with Crippen molar-refractivity contribution in [2.45, 2.75) is 38.1 Å². The van der Waals surface area contributed by atoms with Crippen molar-refractivity contribution in [3.8, 4) is 5.75 Å². The third kappa shape index (κ3) is 3.45. The summed E-state index contributed by atoms with van der Waals surface area (Å²) in [7, 11) is 1.63. The van der Waals surface area contributed by atoms with E-state index in [0.29, 0.717) is 15.6 Å². The molecule has 2 fully saturated rings. The van der Waals surface area contributed by atoms with Gasteiger partial charge < -0.3 is 9.64 Å². The smallest absolute Gasteiger partial charge is 0.267 e. The first-order valence-electron chi connectivity index (χ1n) is 9.46. The molecule has 0 unspecified atom stereocenters. The Morgan fingerprint density at radius 1 is 1.15 bits per heavy atom. The SMILES string of the molecule is COc1c(C(=O)N2CCN(C3CCCCC3)CC2)sc2cc(Cl)ccc12. The number of carbonyl (C=O) groups is 1. The van der Waals surface area contributed by atoms with Crippen molar-refractivity contribution < 1.29 is 9.53 Å². The molecule has 2 aliphatic rings. The van der Waals surface area contributed by atoms with E-state index >= 15 is 0 Å². The van der Waals surface area contributed by atoms with E-state index in [0.717, 1.165) is 42.3 Å². The predicted molar refractivity (Wildman–Crippen MR) is 108 cm³/mol. The molecule has 2 heterocycles. The molecule has 1 saturated heterocycles. The van der Waals surface area contributed by atoms with Gasteiger partial charge in [0.2, 0.25) is 0 Å². The molecule has 1 aromatic carbocycles. The summed E-state index contributed by atoms with van der Waals surface area (Å²) in [4.78, 5) is 18.4. The molecule has 1 aliphatic carbocycles. The first kappa shape index (κ1) is 18.1. The number of thiophene rings is 1. The predicted octanol–water partition coefficient (Wildman–Crippen LogP) is 4.65. The van der Waals surface area contributed by atoms with Crippen LogP contribution in [0, 0.1) is 0 Å². The summed E-state index contributed by atoms with van der Waals surface area (Å²) < 4.78 is 6.57. The maximum absolute atomic E-state index is 13.1.